The van der Waals surface area contributed by atoms with Crippen LogP contribution in [0.3, 0.4) is 0 Å². The molecule has 0 aliphatic heterocycles. The lowest BCUT2D eigenvalue weighted by Gasteiger charge is -2.32. The SMILES string of the molecule is CCCNC(CC1CC2CCC1C2)C(CC)CC. The maximum Gasteiger partial charge on any atom is 0.00978 e. The Hall–Kier alpha value is -0.0400. The van der Waals surface area contributed by atoms with E-state index in [0.29, 0.717) is 0 Å². The van der Waals surface area contributed by atoms with Crippen LogP contribution in [-0.2, 0) is 0 Å². The largest absolute Gasteiger partial charge is 0.314 e. The summed E-state index contributed by atoms with van der Waals surface area (Å²) in [5, 5.41) is 3.86. The molecule has 18 heavy (non-hydrogen) atoms. The molecule has 2 fully saturated rings. The quantitative estimate of drug-likeness (QED) is 0.664. The van der Waals surface area contributed by atoms with Crippen LogP contribution in [0.2, 0.25) is 0 Å². The van der Waals surface area contributed by atoms with Crippen molar-refractivity contribution < 1.29 is 0 Å². The molecule has 1 N–H and O–H groups in total. The standard InChI is InChI=1S/C17H33N/c1-4-9-18-17(14(5-2)6-3)12-16-11-13-7-8-15(16)10-13/h13-18H,4-12H2,1-3H3. The average Bonchev–Trinajstić information content (AvgIpc) is 2.99. The van der Waals surface area contributed by atoms with E-state index < -0.39 is 0 Å². The zero-order valence-corrected chi connectivity index (χ0v) is 12.8. The third-order valence-corrected chi connectivity index (χ3v) is 5.72. The first kappa shape index (κ1) is 14.4. The fourth-order valence-electron chi connectivity index (χ4n) is 4.62. The van der Waals surface area contributed by atoms with Gasteiger partial charge in [0.1, 0.15) is 0 Å². The lowest BCUT2D eigenvalue weighted by atomic mass is 9.80. The summed E-state index contributed by atoms with van der Waals surface area (Å²) in [5.74, 6) is 4.15. The molecule has 2 aliphatic carbocycles. The molecular formula is C17H33N. The Kier molecular flexibility index (Phi) is 5.54. The first-order valence-corrected chi connectivity index (χ1v) is 8.51. The number of hydrogen-bond acceptors (Lipinski definition) is 1. The zero-order valence-electron chi connectivity index (χ0n) is 12.8. The van der Waals surface area contributed by atoms with Gasteiger partial charge >= 0.3 is 0 Å². The molecule has 4 unspecified atom stereocenters. The molecule has 1 nitrogen and oxygen atoms in total. The molecule has 2 saturated carbocycles. The van der Waals surface area contributed by atoms with E-state index in [2.05, 4.69) is 26.1 Å². The van der Waals surface area contributed by atoms with Gasteiger partial charge in [0.25, 0.3) is 0 Å². The van der Waals surface area contributed by atoms with Gasteiger partial charge in [0.05, 0.1) is 0 Å². The molecule has 0 aromatic rings. The number of fused-ring (bicyclic) bond motifs is 2. The highest BCUT2D eigenvalue weighted by molar-refractivity contribution is 4.92. The molecule has 1 heteroatoms. The second kappa shape index (κ2) is 6.93. The summed E-state index contributed by atoms with van der Waals surface area (Å²) in [6.45, 7) is 8.24. The van der Waals surface area contributed by atoms with Crippen LogP contribution in [0.15, 0.2) is 0 Å². The van der Waals surface area contributed by atoms with Crippen LogP contribution in [0, 0.1) is 23.7 Å². The Balaban J connectivity index is 1.87. The average molecular weight is 251 g/mol. The van der Waals surface area contributed by atoms with Crippen LogP contribution >= 0.6 is 0 Å². The summed E-state index contributed by atoms with van der Waals surface area (Å²) in [7, 11) is 0. The van der Waals surface area contributed by atoms with Gasteiger partial charge in [0.2, 0.25) is 0 Å². The Bertz CT molecular complexity index is 234. The fourth-order valence-corrected chi connectivity index (χ4v) is 4.62. The monoisotopic (exact) mass is 251 g/mol. The molecule has 0 aromatic carbocycles. The second-order valence-electron chi connectivity index (χ2n) is 6.81. The first-order valence-electron chi connectivity index (χ1n) is 8.51. The van der Waals surface area contributed by atoms with Crippen molar-refractivity contribution in [3.63, 3.8) is 0 Å². The van der Waals surface area contributed by atoms with Crippen LogP contribution in [-0.4, -0.2) is 12.6 Å². The van der Waals surface area contributed by atoms with E-state index in [-0.39, 0.29) is 0 Å². The number of rotatable bonds is 8. The predicted octanol–water partition coefficient (Wildman–Crippen LogP) is 4.62. The minimum Gasteiger partial charge on any atom is -0.314 e. The molecule has 0 heterocycles. The third kappa shape index (κ3) is 3.29. The van der Waals surface area contributed by atoms with Gasteiger partial charge in [0.15, 0.2) is 0 Å². The van der Waals surface area contributed by atoms with Crippen molar-refractivity contribution in [1.82, 2.24) is 5.32 Å². The molecule has 0 radical (unpaired) electrons. The van der Waals surface area contributed by atoms with Crippen LogP contribution in [0.25, 0.3) is 0 Å². The molecule has 2 aliphatic rings. The molecular weight excluding hydrogens is 218 g/mol. The van der Waals surface area contributed by atoms with Gasteiger partial charge in [-0.1, -0.05) is 40.0 Å². The highest BCUT2D eigenvalue weighted by Crippen LogP contribution is 2.50. The fraction of sp³-hybridized carbons (Fsp3) is 1.00. The Morgan fingerprint density at radius 1 is 1.06 bits per heavy atom. The van der Waals surface area contributed by atoms with Crippen molar-refractivity contribution in [3.05, 3.63) is 0 Å². The van der Waals surface area contributed by atoms with Crippen LogP contribution in [0.4, 0.5) is 0 Å². The zero-order chi connectivity index (χ0) is 13.0. The van der Waals surface area contributed by atoms with E-state index in [0.717, 1.165) is 29.7 Å². The summed E-state index contributed by atoms with van der Waals surface area (Å²) in [4.78, 5) is 0. The van der Waals surface area contributed by atoms with Crippen molar-refractivity contribution in [2.45, 2.75) is 78.2 Å². The summed E-state index contributed by atoms with van der Waals surface area (Å²) in [5.41, 5.74) is 0. The maximum atomic E-state index is 3.86. The van der Waals surface area contributed by atoms with E-state index >= 15 is 0 Å². The van der Waals surface area contributed by atoms with Crippen LogP contribution in [0.1, 0.15) is 72.1 Å². The van der Waals surface area contributed by atoms with Gasteiger partial charge in [0, 0.05) is 6.04 Å². The maximum absolute atomic E-state index is 3.86. The summed E-state index contributed by atoms with van der Waals surface area (Å²) < 4.78 is 0. The van der Waals surface area contributed by atoms with E-state index in [9.17, 15) is 0 Å². The smallest absolute Gasteiger partial charge is 0.00978 e. The van der Waals surface area contributed by atoms with Gasteiger partial charge in [-0.2, -0.15) is 0 Å². The van der Waals surface area contributed by atoms with Crippen molar-refractivity contribution in [3.8, 4) is 0 Å². The molecule has 4 atom stereocenters. The molecule has 0 spiro atoms. The number of hydrogen-bond donors (Lipinski definition) is 1. The van der Waals surface area contributed by atoms with Gasteiger partial charge in [-0.05, 0) is 62.3 Å². The van der Waals surface area contributed by atoms with E-state index in [1.54, 1.807) is 25.7 Å². The molecule has 106 valence electrons. The van der Waals surface area contributed by atoms with Crippen LogP contribution in [0.5, 0.6) is 0 Å². The summed E-state index contributed by atoms with van der Waals surface area (Å²) in [6.07, 6.45) is 11.6. The molecule has 0 saturated heterocycles. The minimum absolute atomic E-state index is 0.796. The highest BCUT2D eigenvalue weighted by atomic mass is 14.9. The van der Waals surface area contributed by atoms with E-state index in [1.807, 2.05) is 0 Å². The van der Waals surface area contributed by atoms with Crippen LogP contribution < -0.4 is 5.32 Å². The third-order valence-electron chi connectivity index (χ3n) is 5.72. The van der Waals surface area contributed by atoms with Gasteiger partial charge < -0.3 is 5.32 Å². The second-order valence-corrected chi connectivity index (χ2v) is 6.81. The Morgan fingerprint density at radius 3 is 2.33 bits per heavy atom. The van der Waals surface area contributed by atoms with Crippen molar-refractivity contribution >= 4 is 0 Å². The van der Waals surface area contributed by atoms with E-state index in [4.69, 9.17) is 0 Å². The van der Waals surface area contributed by atoms with Crippen molar-refractivity contribution in [2.75, 3.05) is 6.54 Å². The first-order chi connectivity index (χ1) is 8.78. The topological polar surface area (TPSA) is 12.0 Å². The van der Waals surface area contributed by atoms with Gasteiger partial charge in [-0.3, -0.25) is 0 Å². The lowest BCUT2D eigenvalue weighted by molar-refractivity contribution is 0.229. The van der Waals surface area contributed by atoms with Gasteiger partial charge in [-0.15, -0.1) is 0 Å². The molecule has 2 rings (SSSR count). The lowest BCUT2D eigenvalue weighted by Crippen LogP contribution is -2.38. The predicted molar refractivity (Wildman–Crippen MR) is 79.7 cm³/mol. The normalized spacial score (nSPS) is 32.3. The molecule has 0 aromatic heterocycles. The Morgan fingerprint density at radius 2 is 1.83 bits per heavy atom. The van der Waals surface area contributed by atoms with Crippen molar-refractivity contribution in [2.24, 2.45) is 23.7 Å². The summed E-state index contributed by atoms with van der Waals surface area (Å²) in [6, 6.07) is 0.796. The number of nitrogens with one attached hydrogen (secondary N) is 1. The molecule has 2 bridgehead atoms. The highest BCUT2D eigenvalue weighted by Gasteiger charge is 2.40. The minimum atomic E-state index is 0.796. The summed E-state index contributed by atoms with van der Waals surface area (Å²) >= 11 is 0. The van der Waals surface area contributed by atoms with E-state index in [1.165, 1.54) is 32.2 Å². The Labute approximate surface area is 114 Å². The molecule has 0 amide bonds. The van der Waals surface area contributed by atoms with Gasteiger partial charge in [-0.25, -0.2) is 0 Å². The van der Waals surface area contributed by atoms with Crippen molar-refractivity contribution in [1.29, 1.82) is 0 Å².